The molecule has 1 rings (SSSR count). The Kier molecular flexibility index (Phi) is 32.7. The molecule has 340 valence electrons. The van der Waals surface area contributed by atoms with E-state index in [1.54, 1.807) is 6.08 Å². The summed E-state index contributed by atoms with van der Waals surface area (Å²) in [6.45, 7) is 2.95. The van der Waals surface area contributed by atoms with E-state index >= 15 is 0 Å². The first-order chi connectivity index (χ1) is 27.9. The van der Waals surface area contributed by atoms with E-state index < -0.39 is 78.5 Å². The van der Waals surface area contributed by atoms with E-state index in [1.165, 1.54) is 109 Å². The molecule has 1 aliphatic rings. The van der Waals surface area contributed by atoms with Crippen LogP contribution in [0.3, 0.4) is 0 Å². The molecule has 8 unspecified atom stereocenters. The zero-order valence-corrected chi connectivity index (χ0v) is 36.5. The molecule has 58 heavy (non-hydrogen) atoms. The number of amides is 1. The van der Waals surface area contributed by atoms with Crippen molar-refractivity contribution in [1.82, 2.24) is 5.32 Å². The fourth-order valence-corrected chi connectivity index (χ4v) is 7.42. The summed E-state index contributed by atoms with van der Waals surface area (Å²) in [6.07, 6.45) is 29.5. The van der Waals surface area contributed by atoms with Crippen molar-refractivity contribution in [1.29, 1.82) is 0 Å². The van der Waals surface area contributed by atoms with Crippen molar-refractivity contribution >= 4 is 16.3 Å². The number of nitrogens with one attached hydrogen (secondary N) is 1. The Morgan fingerprint density at radius 2 is 1.22 bits per heavy atom. The lowest BCUT2D eigenvalue weighted by atomic mass is 9.99. The van der Waals surface area contributed by atoms with E-state index in [4.69, 9.17) is 14.0 Å². The van der Waals surface area contributed by atoms with Gasteiger partial charge in [-0.15, -0.1) is 0 Å². The normalized spacial score (nSPS) is 22.0. The molecule has 0 aromatic rings. The Bertz CT molecular complexity index is 1200. The van der Waals surface area contributed by atoms with E-state index in [2.05, 4.69) is 40.7 Å². The van der Waals surface area contributed by atoms with Crippen molar-refractivity contribution in [3.63, 3.8) is 0 Å². The summed E-state index contributed by atoms with van der Waals surface area (Å²) in [7, 11) is -5.11. The number of hydrogen-bond acceptors (Lipinski definition) is 11. The van der Waals surface area contributed by atoms with Crippen LogP contribution in [-0.4, -0.2) is 107 Å². The largest absolute Gasteiger partial charge is 0.397 e. The zero-order chi connectivity index (χ0) is 42.9. The van der Waals surface area contributed by atoms with Crippen LogP contribution < -0.4 is 5.32 Å². The van der Waals surface area contributed by atoms with Crippen molar-refractivity contribution in [3.05, 3.63) is 36.5 Å². The lowest BCUT2D eigenvalue weighted by Gasteiger charge is -2.41. The third kappa shape index (κ3) is 27.2. The highest BCUT2D eigenvalue weighted by Crippen LogP contribution is 2.26. The number of ether oxygens (including phenoxy) is 2. The molecule has 1 aliphatic heterocycles. The van der Waals surface area contributed by atoms with Crippen LogP contribution in [0, 0.1) is 0 Å². The van der Waals surface area contributed by atoms with E-state index in [1.807, 2.05) is 6.92 Å². The first kappa shape index (κ1) is 54.3. The second-order valence-corrected chi connectivity index (χ2v) is 16.8. The maximum Gasteiger partial charge on any atom is 0.397 e. The molecule has 13 nitrogen and oxygen atoms in total. The first-order valence-electron chi connectivity index (χ1n) is 22.5. The van der Waals surface area contributed by atoms with Gasteiger partial charge in [-0.05, 0) is 44.9 Å². The van der Waals surface area contributed by atoms with Crippen LogP contribution in [0.5, 0.6) is 0 Å². The Labute approximate surface area is 350 Å². The summed E-state index contributed by atoms with van der Waals surface area (Å²) in [6, 6.07) is -1.12. The van der Waals surface area contributed by atoms with Gasteiger partial charge in [-0.1, -0.05) is 166 Å². The summed E-state index contributed by atoms with van der Waals surface area (Å²) in [5.41, 5.74) is 0. The van der Waals surface area contributed by atoms with Gasteiger partial charge >= 0.3 is 10.4 Å². The lowest BCUT2D eigenvalue weighted by Crippen LogP contribution is -2.61. The van der Waals surface area contributed by atoms with Crippen molar-refractivity contribution in [2.45, 2.75) is 223 Å². The van der Waals surface area contributed by atoms with Crippen LogP contribution in [0.2, 0.25) is 0 Å². The van der Waals surface area contributed by atoms with Crippen molar-refractivity contribution in [3.8, 4) is 0 Å². The highest BCUT2D eigenvalue weighted by Gasteiger charge is 2.48. The minimum absolute atomic E-state index is 0.237. The molecule has 0 bridgehead atoms. The van der Waals surface area contributed by atoms with Crippen LogP contribution in [0.4, 0.5) is 0 Å². The van der Waals surface area contributed by atoms with Gasteiger partial charge in [0.25, 0.3) is 0 Å². The van der Waals surface area contributed by atoms with Gasteiger partial charge < -0.3 is 40.3 Å². The first-order valence-corrected chi connectivity index (χ1v) is 23.8. The fraction of sp³-hybridized carbons (Fsp3) is 0.841. The minimum Gasteiger partial charge on any atom is -0.394 e. The standard InChI is InChI=1S/C44H81NO12S/c1-3-5-7-8-9-10-11-12-13-14-15-16-17-18-19-20-21-22-23-24-25-26-27-28-29-31-33-38(48)43(51)45-36(37(47)32-30-6-4-2)35-55-44-41(50)42(57-58(52,53)54)40(49)39(34-46)56-44/h15-16,18-19,30,32,36-42,44,46-50H,3-14,17,20-29,31,33-35H2,1-2H3,(H,45,51)(H,52,53,54)/b16-15-,19-18-,32-30+. The van der Waals surface area contributed by atoms with Gasteiger partial charge in [0.2, 0.25) is 5.91 Å². The quantitative estimate of drug-likeness (QED) is 0.0187. The van der Waals surface area contributed by atoms with Gasteiger partial charge in [0, 0.05) is 0 Å². The average molecular weight is 848 g/mol. The van der Waals surface area contributed by atoms with E-state index in [0.29, 0.717) is 12.8 Å². The summed E-state index contributed by atoms with van der Waals surface area (Å²) in [4.78, 5) is 12.9. The van der Waals surface area contributed by atoms with Gasteiger partial charge in [-0.2, -0.15) is 8.42 Å². The highest BCUT2D eigenvalue weighted by molar-refractivity contribution is 7.80. The molecule has 7 N–H and O–H groups in total. The molecule has 0 aliphatic carbocycles. The third-order valence-electron chi connectivity index (χ3n) is 10.5. The Morgan fingerprint density at radius 1 is 0.707 bits per heavy atom. The maximum absolute atomic E-state index is 12.9. The number of carbonyl (C=O) groups is 1. The number of aliphatic hydroxyl groups is 5. The van der Waals surface area contributed by atoms with Crippen LogP contribution >= 0.6 is 0 Å². The summed E-state index contributed by atoms with van der Waals surface area (Å²) in [5.74, 6) is -0.718. The van der Waals surface area contributed by atoms with Gasteiger partial charge in [-0.3, -0.25) is 9.35 Å². The summed E-state index contributed by atoms with van der Waals surface area (Å²) >= 11 is 0. The predicted molar refractivity (Wildman–Crippen MR) is 228 cm³/mol. The van der Waals surface area contributed by atoms with E-state index in [-0.39, 0.29) is 6.42 Å². The number of carbonyl (C=O) groups excluding carboxylic acids is 1. The fourth-order valence-electron chi connectivity index (χ4n) is 6.91. The molecule has 1 fully saturated rings. The minimum atomic E-state index is -5.11. The Morgan fingerprint density at radius 3 is 1.72 bits per heavy atom. The van der Waals surface area contributed by atoms with Crippen LogP contribution in [0.15, 0.2) is 36.5 Å². The lowest BCUT2D eigenvalue weighted by molar-refractivity contribution is -0.298. The molecular weight excluding hydrogens is 767 g/mol. The molecular formula is C44H81NO12S. The van der Waals surface area contributed by atoms with Gasteiger partial charge in [0.05, 0.1) is 25.4 Å². The molecule has 0 aromatic carbocycles. The second-order valence-electron chi connectivity index (χ2n) is 15.8. The Hall–Kier alpha value is -1.72. The van der Waals surface area contributed by atoms with E-state index in [9.17, 15) is 38.7 Å². The number of unbranched alkanes of at least 4 members (excludes halogenated alkanes) is 20. The molecule has 8 atom stereocenters. The van der Waals surface area contributed by atoms with Crippen molar-refractivity contribution in [2.75, 3.05) is 13.2 Å². The van der Waals surface area contributed by atoms with Gasteiger partial charge in [-0.25, -0.2) is 4.18 Å². The number of allylic oxidation sites excluding steroid dienone is 5. The van der Waals surface area contributed by atoms with Crippen LogP contribution in [0.1, 0.15) is 174 Å². The summed E-state index contributed by atoms with van der Waals surface area (Å²) in [5, 5.41) is 54.4. The molecule has 1 saturated heterocycles. The predicted octanol–water partition coefficient (Wildman–Crippen LogP) is 7.30. The number of aliphatic hydroxyl groups excluding tert-OH is 5. The third-order valence-corrected chi connectivity index (χ3v) is 11.0. The maximum atomic E-state index is 12.9. The molecule has 0 aromatic heterocycles. The topological polar surface area (TPSA) is 212 Å². The average Bonchev–Trinajstić information content (AvgIpc) is 3.19. The monoisotopic (exact) mass is 848 g/mol. The SMILES string of the molecule is CCC/C=C/C(O)C(COC1OC(CO)C(O)C(OS(=O)(=O)O)C1O)NC(=O)C(O)CCCCCCCCCCCC/C=C\C/C=C\CCCCCCCCCCC. The molecule has 0 saturated carbocycles. The number of rotatable bonds is 37. The number of hydrogen-bond donors (Lipinski definition) is 7. The van der Waals surface area contributed by atoms with Gasteiger partial charge in [0.1, 0.15) is 30.5 Å². The van der Waals surface area contributed by atoms with E-state index in [0.717, 1.165) is 38.5 Å². The molecule has 1 amide bonds. The molecule has 0 spiro atoms. The van der Waals surface area contributed by atoms with Gasteiger partial charge in [0.15, 0.2) is 6.29 Å². The second kappa shape index (κ2) is 34.9. The zero-order valence-electron chi connectivity index (χ0n) is 35.7. The van der Waals surface area contributed by atoms with Crippen LogP contribution in [0.25, 0.3) is 0 Å². The molecule has 14 heteroatoms. The van der Waals surface area contributed by atoms with Crippen LogP contribution in [-0.2, 0) is 28.9 Å². The summed E-state index contributed by atoms with van der Waals surface area (Å²) < 4.78 is 47.0. The molecule has 1 heterocycles. The highest BCUT2D eigenvalue weighted by atomic mass is 32.3. The Balaban J connectivity index is 2.24. The molecule has 0 radical (unpaired) electrons. The van der Waals surface area contributed by atoms with Crippen molar-refractivity contribution < 1.29 is 57.0 Å². The smallest absolute Gasteiger partial charge is 0.394 e. The van der Waals surface area contributed by atoms with Crippen molar-refractivity contribution in [2.24, 2.45) is 0 Å².